The lowest BCUT2D eigenvalue weighted by Gasteiger charge is -2.21. The van der Waals surface area contributed by atoms with Crippen molar-refractivity contribution in [2.24, 2.45) is 5.73 Å². The van der Waals surface area contributed by atoms with Gasteiger partial charge in [-0.3, -0.25) is 0 Å². The Morgan fingerprint density at radius 2 is 1.94 bits per heavy atom. The SMILES string of the molecule is COCCN(CCC(N)=S)CCc1ccccc1. The molecule has 0 fully saturated rings. The molecule has 3 nitrogen and oxygen atoms in total. The molecule has 0 bridgehead atoms. The second-order valence-electron chi connectivity index (χ2n) is 4.29. The van der Waals surface area contributed by atoms with Crippen molar-refractivity contribution in [2.45, 2.75) is 12.8 Å². The minimum absolute atomic E-state index is 0.581. The molecule has 1 aromatic rings. The number of ether oxygens (including phenoxy) is 1. The van der Waals surface area contributed by atoms with Crippen LogP contribution in [0.2, 0.25) is 0 Å². The molecule has 0 atom stereocenters. The van der Waals surface area contributed by atoms with Crippen LogP contribution in [0.15, 0.2) is 30.3 Å². The van der Waals surface area contributed by atoms with Crippen LogP contribution >= 0.6 is 12.2 Å². The number of methoxy groups -OCH3 is 1. The number of benzene rings is 1. The Kier molecular flexibility index (Phi) is 7.57. The van der Waals surface area contributed by atoms with Crippen molar-refractivity contribution in [1.82, 2.24) is 4.90 Å². The number of nitrogens with zero attached hydrogens (tertiary/aromatic N) is 1. The number of nitrogens with two attached hydrogens (primary N) is 1. The van der Waals surface area contributed by atoms with Crippen LogP contribution < -0.4 is 5.73 Å². The summed E-state index contributed by atoms with van der Waals surface area (Å²) in [6.07, 6.45) is 1.82. The minimum Gasteiger partial charge on any atom is -0.393 e. The van der Waals surface area contributed by atoms with E-state index in [9.17, 15) is 0 Å². The topological polar surface area (TPSA) is 38.5 Å². The zero-order valence-corrected chi connectivity index (χ0v) is 11.8. The Balaban J connectivity index is 2.37. The van der Waals surface area contributed by atoms with Gasteiger partial charge in [-0.05, 0) is 12.0 Å². The Morgan fingerprint density at radius 3 is 2.56 bits per heavy atom. The smallest absolute Gasteiger partial charge is 0.0740 e. The van der Waals surface area contributed by atoms with Crippen molar-refractivity contribution in [2.75, 3.05) is 33.4 Å². The molecule has 0 spiro atoms. The maximum atomic E-state index is 5.55. The van der Waals surface area contributed by atoms with Crippen LogP contribution in [0.25, 0.3) is 0 Å². The van der Waals surface area contributed by atoms with E-state index in [-0.39, 0.29) is 0 Å². The summed E-state index contributed by atoms with van der Waals surface area (Å²) in [6, 6.07) is 10.5. The molecule has 4 heteroatoms. The van der Waals surface area contributed by atoms with E-state index in [0.717, 1.165) is 39.1 Å². The van der Waals surface area contributed by atoms with Crippen molar-refractivity contribution < 1.29 is 4.74 Å². The van der Waals surface area contributed by atoms with Gasteiger partial charge in [0.2, 0.25) is 0 Å². The fraction of sp³-hybridized carbons (Fsp3) is 0.500. The number of thiocarbonyl (C=S) groups is 1. The molecular formula is C14H22N2OS. The van der Waals surface area contributed by atoms with Gasteiger partial charge in [-0.1, -0.05) is 42.5 Å². The first kappa shape index (κ1) is 15.1. The van der Waals surface area contributed by atoms with Gasteiger partial charge in [-0.25, -0.2) is 0 Å². The Labute approximate surface area is 115 Å². The van der Waals surface area contributed by atoms with Crippen LogP contribution in [0.4, 0.5) is 0 Å². The molecule has 0 amide bonds. The van der Waals surface area contributed by atoms with Crippen molar-refractivity contribution in [1.29, 1.82) is 0 Å². The zero-order valence-electron chi connectivity index (χ0n) is 11.0. The van der Waals surface area contributed by atoms with Crippen LogP contribution in [-0.4, -0.2) is 43.2 Å². The van der Waals surface area contributed by atoms with Crippen LogP contribution in [0.1, 0.15) is 12.0 Å². The lowest BCUT2D eigenvalue weighted by atomic mass is 10.1. The third kappa shape index (κ3) is 6.69. The first-order valence-electron chi connectivity index (χ1n) is 6.26. The van der Waals surface area contributed by atoms with Gasteiger partial charge in [0, 0.05) is 33.2 Å². The molecular weight excluding hydrogens is 244 g/mol. The highest BCUT2D eigenvalue weighted by Gasteiger charge is 2.05. The molecule has 0 aliphatic rings. The van der Waals surface area contributed by atoms with Crippen molar-refractivity contribution in [3.8, 4) is 0 Å². The van der Waals surface area contributed by atoms with Crippen LogP contribution in [0.3, 0.4) is 0 Å². The third-order valence-electron chi connectivity index (χ3n) is 2.85. The lowest BCUT2D eigenvalue weighted by molar-refractivity contribution is 0.150. The Morgan fingerprint density at radius 1 is 1.22 bits per heavy atom. The minimum atomic E-state index is 0.581. The Bertz CT molecular complexity index is 343. The predicted molar refractivity (Wildman–Crippen MR) is 79.9 cm³/mol. The molecule has 1 aromatic carbocycles. The van der Waals surface area contributed by atoms with Gasteiger partial charge in [0.1, 0.15) is 0 Å². The highest BCUT2D eigenvalue weighted by atomic mass is 32.1. The standard InChI is InChI=1S/C14H22N2OS/c1-17-12-11-16(10-8-14(15)18)9-7-13-5-3-2-4-6-13/h2-6H,7-12H2,1H3,(H2,15,18). The third-order valence-corrected chi connectivity index (χ3v) is 3.05. The largest absolute Gasteiger partial charge is 0.393 e. The van der Waals surface area contributed by atoms with Gasteiger partial charge in [0.15, 0.2) is 0 Å². The van der Waals surface area contributed by atoms with Gasteiger partial charge in [0.25, 0.3) is 0 Å². The maximum absolute atomic E-state index is 5.55. The average Bonchev–Trinajstić information content (AvgIpc) is 2.39. The quantitative estimate of drug-likeness (QED) is 0.692. The van der Waals surface area contributed by atoms with E-state index in [2.05, 4.69) is 29.2 Å². The van der Waals surface area contributed by atoms with E-state index in [4.69, 9.17) is 22.7 Å². The van der Waals surface area contributed by atoms with Gasteiger partial charge in [0.05, 0.1) is 11.6 Å². The van der Waals surface area contributed by atoms with E-state index >= 15 is 0 Å². The second-order valence-corrected chi connectivity index (χ2v) is 4.81. The molecule has 0 saturated heterocycles. The summed E-state index contributed by atoms with van der Waals surface area (Å²) in [5.74, 6) is 0. The maximum Gasteiger partial charge on any atom is 0.0740 e. The molecule has 0 heterocycles. The summed E-state index contributed by atoms with van der Waals surface area (Å²) in [5, 5.41) is 0. The van der Waals surface area contributed by atoms with Gasteiger partial charge >= 0.3 is 0 Å². The van der Waals surface area contributed by atoms with Crippen LogP contribution in [0, 0.1) is 0 Å². The summed E-state index contributed by atoms with van der Waals surface area (Å²) < 4.78 is 5.13. The number of hydrogen-bond acceptors (Lipinski definition) is 3. The van der Waals surface area contributed by atoms with E-state index in [1.807, 2.05) is 6.07 Å². The van der Waals surface area contributed by atoms with Crippen molar-refractivity contribution >= 4 is 17.2 Å². The molecule has 0 aromatic heterocycles. The molecule has 2 N–H and O–H groups in total. The Hall–Kier alpha value is -0.970. The highest BCUT2D eigenvalue weighted by Crippen LogP contribution is 2.02. The fourth-order valence-electron chi connectivity index (χ4n) is 1.76. The normalized spacial score (nSPS) is 10.8. The molecule has 100 valence electrons. The summed E-state index contributed by atoms with van der Waals surface area (Å²) in [4.78, 5) is 2.92. The molecule has 0 saturated carbocycles. The molecule has 0 radical (unpaired) electrons. The van der Waals surface area contributed by atoms with Gasteiger partial charge < -0.3 is 15.4 Å². The molecule has 0 aliphatic carbocycles. The molecule has 0 aliphatic heterocycles. The first-order valence-corrected chi connectivity index (χ1v) is 6.66. The second kappa shape index (κ2) is 9.03. The van der Waals surface area contributed by atoms with Gasteiger partial charge in [-0.2, -0.15) is 0 Å². The number of rotatable bonds is 9. The van der Waals surface area contributed by atoms with Crippen molar-refractivity contribution in [3.05, 3.63) is 35.9 Å². The first-order chi connectivity index (χ1) is 8.72. The van der Waals surface area contributed by atoms with E-state index in [0.29, 0.717) is 4.99 Å². The summed E-state index contributed by atoms with van der Waals surface area (Å²) >= 11 is 4.92. The van der Waals surface area contributed by atoms with E-state index in [1.165, 1.54) is 5.56 Å². The summed E-state index contributed by atoms with van der Waals surface area (Å²) in [7, 11) is 1.73. The summed E-state index contributed by atoms with van der Waals surface area (Å²) in [5.41, 5.74) is 6.91. The molecule has 18 heavy (non-hydrogen) atoms. The monoisotopic (exact) mass is 266 g/mol. The predicted octanol–water partition coefficient (Wildman–Crippen LogP) is 1.85. The highest BCUT2D eigenvalue weighted by molar-refractivity contribution is 7.80. The zero-order chi connectivity index (χ0) is 13.2. The lowest BCUT2D eigenvalue weighted by Crippen LogP contribution is -2.32. The van der Waals surface area contributed by atoms with Crippen LogP contribution in [-0.2, 0) is 11.2 Å². The van der Waals surface area contributed by atoms with Gasteiger partial charge in [-0.15, -0.1) is 0 Å². The number of hydrogen-bond donors (Lipinski definition) is 1. The summed E-state index contributed by atoms with van der Waals surface area (Å²) in [6.45, 7) is 3.58. The molecule has 1 rings (SSSR count). The van der Waals surface area contributed by atoms with E-state index in [1.54, 1.807) is 7.11 Å². The molecule has 0 unspecified atom stereocenters. The van der Waals surface area contributed by atoms with Crippen LogP contribution in [0.5, 0.6) is 0 Å². The van der Waals surface area contributed by atoms with E-state index < -0.39 is 0 Å². The average molecular weight is 266 g/mol. The fourth-order valence-corrected chi connectivity index (χ4v) is 1.85. The van der Waals surface area contributed by atoms with Crippen molar-refractivity contribution in [3.63, 3.8) is 0 Å².